The molecule has 104 valence electrons. The Labute approximate surface area is 118 Å². The van der Waals surface area contributed by atoms with Gasteiger partial charge in [0, 0.05) is 0 Å². The molecule has 0 aromatic heterocycles. The van der Waals surface area contributed by atoms with E-state index >= 15 is 0 Å². The van der Waals surface area contributed by atoms with Crippen molar-refractivity contribution < 1.29 is 0 Å². The molecule has 0 nitrogen and oxygen atoms in total. The molecule has 0 unspecified atom stereocenters. The summed E-state index contributed by atoms with van der Waals surface area (Å²) in [6, 6.07) is 11.2. The molecular formula is C19H28. The Morgan fingerprint density at radius 3 is 2.00 bits per heavy atom. The van der Waals surface area contributed by atoms with E-state index in [4.69, 9.17) is 0 Å². The van der Waals surface area contributed by atoms with E-state index in [1.54, 1.807) is 12.0 Å². The van der Waals surface area contributed by atoms with Gasteiger partial charge in [0.15, 0.2) is 0 Å². The van der Waals surface area contributed by atoms with E-state index in [9.17, 15) is 0 Å². The summed E-state index contributed by atoms with van der Waals surface area (Å²) in [7, 11) is 0. The summed E-state index contributed by atoms with van der Waals surface area (Å²) in [5.41, 5.74) is 1.58. The molecule has 0 aliphatic heterocycles. The van der Waals surface area contributed by atoms with Gasteiger partial charge in [-0.3, -0.25) is 0 Å². The predicted octanol–water partition coefficient (Wildman–Crippen LogP) is 5.93. The lowest BCUT2D eigenvalue weighted by atomic mass is 9.73. The first-order valence-electron chi connectivity index (χ1n) is 8.47. The highest BCUT2D eigenvalue weighted by atomic mass is 14.3. The molecule has 0 radical (unpaired) electrons. The van der Waals surface area contributed by atoms with E-state index in [0.717, 1.165) is 17.8 Å². The number of hydrogen-bond acceptors (Lipinski definition) is 0. The van der Waals surface area contributed by atoms with Gasteiger partial charge >= 0.3 is 0 Å². The Balaban J connectivity index is 1.46. The van der Waals surface area contributed by atoms with E-state index in [1.807, 2.05) is 0 Å². The summed E-state index contributed by atoms with van der Waals surface area (Å²) in [5.74, 6) is 2.97. The van der Waals surface area contributed by atoms with Crippen LogP contribution in [0, 0.1) is 11.8 Å². The molecule has 0 heterocycles. The van der Waals surface area contributed by atoms with Crippen molar-refractivity contribution in [2.75, 3.05) is 0 Å². The lowest BCUT2D eigenvalue weighted by Gasteiger charge is -2.32. The average molecular weight is 256 g/mol. The molecule has 0 saturated heterocycles. The second-order valence-electron chi connectivity index (χ2n) is 6.87. The first-order valence-corrected chi connectivity index (χ1v) is 8.47. The molecule has 2 saturated carbocycles. The van der Waals surface area contributed by atoms with Crippen LogP contribution in [0.5, 0.6) is 0 Å². The maximum absolute atomic E-state index is 2.33. The fourth-order valence-corrected chi connectivity index (χ4v) is 4.35. The van der Waals surface area contributed by atoms with Gasteiger partial charge in [0.2, 0.25) is 0 Å². The van der Waals surface area contributed by atoms with Crippen molar-refractivity contribution in [3.63, 3.8) is 0 Å². The van der Waals surface area contributed by atoms with Crippen LogP contribution >= 0.6 is 0 Å². The van der Waals surface area contributed by atoms with Gasteiger partial charge < -0.3 is 0 Å². The smallest absolute Gasteiger partial charge is 0.0162 e. The Hall–Kier alpha value is -0.780. The first-order chi connectivity index (χ1) is 9.42. The largest absolute Gasteiger partial charge is 0.0622 e. The molecular weight excluding hydrogens is 228 g/mol. The molecule has 0 N–H and O–H groups in total. The molecule has 19 heavy (non-hydrogen) atoms. The Bertz CT molecular complexity index is 353. The average Bonchev–Trinajstić information content (AvgIpc) is 2.50. The highest BCUT2D eigenvalue weighted by molar-refractivity contribution is 5.19. The second kappa shape index (κ2) is 6.59. The van der Waals surface area contributed by atoms with Crippen LogP contribution < -0.4 is 0 Å². The van der Waals surface area contributed by atoms with Gasteiger partial charge in [-0.1, -0.05) is 62.4 Å². The standard InChI is InChI=1S/C19H28/c1-3-7-16(8-4-1)15-17-11-13-19(14-12-17)18-9-5-2-6-10-18/h2,5-6,9-10,16-17,19H,1,3-4,7-8,11-15H2. The molecule has 1 aromatic carbocycles. The maximum atomic E-state index is 2.33. The zero-order valence-electron chi connectivity index (χ0n) is 12.2. The van der Waals surface area contributed by atoms with Crippen LogP contribution in [0.15, 0.2) is 30.3 Å². The van der Waals surface area contributed by atoms with Crippen molar-refractivity contribution in [3.8, 4) is 0 Å². The minimum atomic E-state index is 0.851. The summed E-state index contributed by atoms with van der Waals surface area (Å²) in [6.45, 7) is 0. The molecule has 3 rings (SSSR count). The summed E-state index contributed by atoms with van der Waals surface area (Å²) in [5, 5.41) is 0. The van der Waals surface area contributed by atoms with Crippen LogP contribution in [0.1, 0.15) is 75.7 Å². The zero-order valence-corrected chi connectivity index (χ0v) is 12.2. The Morgan fingerprint density at radius 1 is 0.684 bits per heavy atom. The summed E-state index contributed by atoms with van der Waals surface area (Å²) < 4.78 is 0. The van der Waals surface area contributed by atoms with Gasteiger partial charge in [0.1, 0.15) is 0 Å². The van der Waals surface area contributed by atoms with Crippen LogP contribution in [-0.2, 0) is 0 Å². The van der Waals surface area contributed by atoms with E-state index in [0.29, 0.717) is 0 Å². The van der Waals surface area contributed by atoms with Crippen LogP contribution in [0.25, 0.3) is 0 Å². The van der Waals surface area contributed by atoms with Crippen molar-refractivity contribution in [1.82, 2.24) is 0 Å². The first kappa shape index (κ1) is 13.2. The van der Waals surface area contributed by atoms with Gasteiger partial charge in [-0.15, -0.1) is 0 Å². The van der Waals surface area contributed by atoms with Crippen LogP contribution in [0.2, 0.25) is 0 Å². The van der Waals surface area contributed by atoms with Gasteiger partial charge in [0.25, 0.3) is 0 Å². The number of rotatable bonds is 3. The van der Waals surface area contributed by atoms with E-state index in [1.165, 1.54) is 57.8 Å². The summed E-state index contributed by atoms with van der Waals surface area (Å²) in [4.78, 5) is 0. The SMILES string of the molecule is c1ccc(C2CCC(CC3CCCCC3)CC2)cc1. The monoisotopic (exact) mass is 256 g/mol. The van der Waals surface area contributed by atoms with E-state index in [-0.39, 0.29) is 0 Å². The normalized spacial score (nSPS) is 29.3. The van der Waals surface area contributed by atoms with Gasteiger partial charge in [-0.2, -0.15) is 0 Å². The van der Waals surface area contributed by atoms with Crippen molar-refractivity contribution in [2.45, 2.75) is 70.1 Å². The molecule has 0 spiro atoms. The third kappa shape index (κ3) is 3.61. The highest BCUT2D eigenvalue weighted by Gasteiger charge is 2.25. The molecule has 0 atom stereocenters. The molecule has 2 aliphatic carbocycles. The molecule has 2 aliphatic rings. The maximum Gasteiger partial charge on any atom is -0.0162 e. The lowest BCUT2D eigenvalue weighted by molar-refractivity contribution is 0.233. The van der Waals surface area contributed by atoms with Crippen molar-refractivity contribution in [1.29, 1.82) is 0 Å². The fourth-order valence-electron chi connectivity index (χ4n) is 4.35. The number of benzene rings is 1. The quantitative estimate of drug-likeness (QED) is 0.628. The molecule has 0 heteroatoms. The predicted molar refractivity (Wildman–Crippen MR) is 82.3 cm³/mol. The van der Waals surface area contributed by atoms with Gasteiger partial charge in [-0.25, -0.2) is 0 Å². The third-order valence-corrected chi connectivity index (χ3v) is 5.51. The minimum absolute atomic E-state index is 0.851. The highest BCUT2D eigenvalue weighted by Crippen LogP contribution is 2.40. The third-order valence-electron chi connectivity index (χ3n) is 5.51. The summed E-state index contributed by atoms with van der Waals surface area (Å²) in [6.07, 6.45) is 14.9. The van der Waals surface area contributed by atoms with Crippen LogP contribution in [0.3, 0.4) is 0 Å². The topological polar surface area (TPSA) is 0 Å². The molecule has 0 amide bonds. The van der Waals surface area contributed by atoms with Crippen molar-refractivity contribution >= 4 is 0 Å². The molecule has 1 aromatic rings. The number of hydrogen-bond donors (Lipinski definition) is 0. The Kier molecular flexibility index (Phi) is 4.58. The zero-order chi connectivity index (χ0) is 12.9. The van der Waals surface area contributed by atoms with Crippen LogP contribution in [0.4, 0.5) is 0 Å². The van der Waals surface area contributed by atoms with E-state index in [2.05, 4.69) is 30.3 Å². The Morgan fingerprint density at radius 2 is 1.32 bits per heavy atom. The molecule has 2 fully saturated rings. The van der Waals surface area contributed by atoms with Gasteiger partial charge in [0.05, 0.1) is 0 Å². The van der Waals surface area contributed by atoms with Crippen molar-refractivity contribution in [2.24, 2.45) is 11.8 Å². The second-order valence-corrected chi connectivity index (χ2v) is 6.87. The van der Waals surface area contributed by atoms with E-state index < -0.39 is 0 Å². The summed E-state index contributed by atoms with van der Waals surface area (Å²) >= 11 is 0. The fraction of sp³-hybridized carbons (Fsp3) is 0.684. The minimum Gasteiger partial charge on any atom is -0.0622 e. The van der Waals surface area contributed by atoms with Gasteiger partial charge in [-0.05, 0) is 55.4 Å². The van der Waals surface area contributed by atoms with Crippen molar-refractivity contribution in [3.05, 3.63) is 35.9 Å². The molecule has 0 bridgehead atoms. The lowest BCUT2D eigenvalue weighted by Crippen LogP contribution is -2.18. The van der Waals surface area contributed by atoms with Crippen LogP contribution in [-0.4, -0.2) is 0 Å².